The smallest absolute Gasteiger partial charge is 0.419 e. The van der Waals surface area contributed by atoms with Gasteiger partial charge in [0.05, 0.1) is 137 Å². The van der Waals surface area contributed by atoms with E-state index >= 15 is 0 Å². The Bertz CT molecular complexity index is 6380. The van der Waals surface area contributed by atoms with Crippen LogP contribution >= 0.6 is 0 Å². The number of amides is 3. The van der Waals surface area contributed by atoms with Crippen LogP contribution in [0.15, 0.2) is 215 Å². The minimum absolute atomic E-state index is 0.0808. The van der Waals surface area contributed by atoms with Crippen molar-refractivity contribution in [2.45, 2.75) is 121 Å². The maximum Gasteiger partial charge on any atom is 0.419 e. The highest BCUT2D eigenvalue weighted by molar-refractivity contribution is 5.83. The highest BCUT2D eigenvalue weighted by Gasteiger charge is 2.40. The van der Waals surface area contributed by atoms with Crippen molar-refractivity contribution in [3.63, 3.8) is 0 Å². The first-order chi connectivity index (χ1) is 66.5. The summed E-state index contributed by atoms with van der Waals surface area (Å²) < 4.78 is 189. The number of hydrogen-bond donors (Lipinski definition) is 3. The van der Waals surface area contributed by atoms with E-state index in [0.29, 0.717) is 176 Å². The second kappa shape index (κ2) is 48.1. The Balaban J connectivity index is 0.000000187. The molecule has 2 fully saturated rings. The quantitative estimate of drug-likeness (QED) is 0.0305. The molecule has 37 heteroatoms. The van der Waals surface area contributed by atoms with E-state index in [-0.39, 0.29) is 109 Å². The Morgan fingerprint density at radius 1 is 0.460 bits per heavy atom. The van der Waals surface area contributed by atoms with E-state index < -0.39 is 88.5 Å². The largest absolute Gasteiger partial charge is 0.494 e. The van der Waals surface area contributed by atoms with Gasteiger partial charge in [-0.2, -0.15) is 39.5 Å². The number of alkyl halides is 9. The molecule has 3 aromatic heterocycles. The summed E-state index contributed by atoms with van der Waals surface area (Å²) in [5, 5.41) is 4.31. The number of nitrogens with two attached hydrogens (primary N) is 2. The van der Waals surface area contributed by atoms with E-state index in [1.807, 2.05) is 46.8 Å². The summed E-state index contributed by atoms with van der Waals surface area (Å²) in [4.78, 5) is 110. The predicted octanol–water partition coefficient (Wildman–Crippen LogP) is 15.8. The van der Waals surface area contributed by atoms with Gasteiger partial charge in [-0.05, 0) is 276 Å². The molecule has 0 radical (unpaired) electrons. The number of likely N-dealkylation sites (tertiary alicyclic amines) is 1. The molecule has 0 spiro atoms. The van der Waals surface area contributed by atoms with Crippen molar-refractivity contribution in [3.05, 3.63) is 300 Å². The monoisotopic (exact) mass is 1940 g/mol. The third-order valence-corrected chi connectivity index (χ3v) is 24.2. The number of carbonyl (C=O) groups is 3. The Morgan fingerprint density at radius 3 is 1.11 bits per heavy atom. The van der Waals surface area contributed by atoms with Crippen LogP contribution in [0.1, 0.15) is 128 Å². The van der Waals surface area contributed by atoms with Gasteiger partial charge in [-0.3, -0.25) is 47.4 Å². The molecule has 2 saturated heterocycles. The Morgan fingerprint density at radius 2 is 0.799 bits per heavy atom. The number of nitrogens with one attached hydrogen (secondary N) is 1. The molecule has 5 heterocycles. The van der Waals surface area contributed by atoms with Gasteiger partial charge in [0.2, 0.25) is 17.7 Å². The fourth-order valence-electron chi connectivity index (χ4n) is 17.2. The standard InChI is InChI=1S/C36H41F4N5O3.C34H37F4N5O4.C32H35F4N5O3/c1-4-48-27-14-12-26(13-15-27)45-34(42-31-10-6-5-9-28(31)35(45)47)32(17-19-41-2)44(21-18-25-8-7-20-43(25)3)33(46)23-24-11-16-29(30(37)22-24)36(38,39)40;1-2-47-25-10-8-24(9-11-25)43-32(40-29-6-4-3-5-26(29)33(43)45)30(13-14-39)42(16-15-41-17-19-46-20-18-41)31(44)22-23-7-12-27(28(35)21-23)34(36,37)38;1-4-44-23-12-10-22(11-13-23)41-30(38-27-8-6-5-7-24(27)31(41)43)28(15-16-37)40(18-17-39(2)3)29(42)20-21-9-14-25(26(33)19-21)32(34,35)36/h5-6,9-16,22,25,32,41H,4,7-8,17-21,23H2,1-3H3;3-12,21,30H,2,13-20,22,39H2,1H3;5-14,19,28H,4,15-18,20,37H2,1-3H3. The normalized spacial score (nSPS) is 14.4. The Kier molecular flexibility index (Phi) is 36.3. The van der Waals surface area contributed by atoms with Crippen LogP contribution in [-0.2, 0) is 56.9 Å². The number of hydrogen-bond acceptors (Lipinski definition) is 19. The summed E-state index contributed by atoms with van der Waals surface area (Å²) in [6, 6.07) is 47.2. The van der Waals surface area contributed by atoms with E-state index in [1.54, 1.807) is 162 Å². The lowest BCUT2D eigenvalue weighted by Crippen LogP contribution is -2.46. The van der Waals surface area contributed by atoms with Crippen molar-refractivity contribution in [2.24, 2.45) is 11.5 Å². The Hall–Kier alpha value is -12.9. The van der Waals surface area contributed by atoms with Crippen LogP contribution in [0.3, 0.4) is 0 Å². The zero-order chi connectivity index (χ0) is 100.0. The first-order valence-corrected chi connectivity index (χ1v) is 46.0. The molecule has 4 unspecified atom stereocenters. The summed E-state index contributed by atoms with van der Waals surface area (Å²) in [5.41, 5.74) is 10.1. The zero-order valence-corrected chi connectivity index (χ0v) is 78.2. The second-order valence-electron chi connectivity index (χ2n) is 33.8. The molecule has 3 amide bonds. The zero-order valence-electron chi connectivity index (χ0n) is 78.2. The van der Waals surface area contributed by atoms with Gasteiger partial charge in [0.15, 0.2) is 0 Å². The number of carbonyl (C=O) groups excluding carboxylic acids is 3. The van der Waals surface area contributed by atoms with Crippen molar-refractivity contribution in [3.8, 4) is 34.3 Å². The van der Waals surface area contributed by atoms with E-state index in [2.05, 4.69) is 15.1 Å². The minimum atomic E-state index is -4.87. The van der Waals surface area contributed by atoms with Gasteiger partial charge in [0.25, 0.3) is 16.7 Å². The van der Waals surface area contributed by atoms with Crippen molar-refractivity contribution in [1.29, 1.82) is 0 Å². The van der Waals surface area contributed by atoms with Crippen LogP contribution in [0, 0.1) is 17.5 Å². The van der Waals surface area contributed by atoms with Crippen molar-refractivity contribution in [2.75, 3.05) is 133 Å². The molecule has 9 aromatic carbocycles. The van der Waals surface area contributed by atoms with Gasteiger partial charge >= 0.3 is 18.5 Å². The van der Waals surface area contributed by atoms with Crippen LogP contribution in [0.5, 0.6) is 17.2 Å². The average Bonchev–Trinajstić information content (AvgIpc) is 1.40. The molecule has 25 nitrogen and oxygen atoms in total. The van der Waals surface area contributed by atoms with Crippen LogP contribution in [0.25, 0.3) is 49.8 Å². The first kappa shape index (κ1) is 105. The van der Waals surface area contributed by atoms with Gasteiger partial charge in [0.1, 0.15) is 52.2 Å². The molecule has 14 rings (SSSR count). The van der Waals surface area contributed by atoms with Crippen LogP contribution in [0.4, 0.5) is 52.7 Å². The number of rotatable bonds is 37. The van der Waals surface area contributed by atoms with E-state index in [4.69, 9.17) is 45.4 Å². The number of nitrogens with zero attached hydrogens (tertiary/aromatic N) is 12. The summed E-state index contributed by atoms with van der Waals surface area (Å²) >= 11 is 0. The van der Waals surface area contributed by atoms with Crippen LogP contribution < -0.4 is 47.7 Å². The maximum absolute atomic E-state index is 14.6. The number of para-hydroxylation sites is 3. The van der Waals surface area contributed by atoms with Gasteiger partial charge in [-0.1, -0.05) is 54.6 Å². The summed E-state index contributed by atoms with van der Waals surface area (Å²) in [5.74, 6) is -2.94. The lowest BCUT2D eigenvalue weighted by atomic mass is 10.0. The van der Waals surface area contributed by atoms with E-state index in [9.17, 15) is 81.5 Å². The lowest BCUT2D eigenvalue weighted by molar-refractivity contribution is -0.140. The van der Waals surface area contributed by atoms with Gasteiger partial charge in [-0.15, -0.1) is 0 Å². The Labute approximate surface area is 795 Å². The molecule has 2 aliphatic heterocycles. The van der Waals surface area contributed by atoms with Gasteiger partial charge in [-0.25, -0.2) is 28.1 Å². The van der Waals surface area contributed by atoms with Crippen molar-refractivity contribution >= 4 is 50.4 Å². The molecule has 12 aromatic rings. The number of aromatic nitrogens is 6. The summed E-state index contributed by atoms with van der Waals surface area (Å²) in [6.45, 7) is 12.6. The summed E-state index contributed by atoms with van der Waals surface area (Å²) in [7, 11) is 7.49. The van der Waals surface area contributed by atoms with Crippen LogP contribution in [-0.4, -0.2) is 215 Å². The molecule has 740 valence electrons. The molecule has 2 aliphatic rings. The number of benzene rings is 9. The lowest BCUT2D eigenvalue weighted by Gasteiger charge is -2.35. The number of likely N-dealkylation sites (N-methyl/N-ethyl adjacent to an activating group) is 1. The minimum Gasteiger partial charge on any atom is -0.494 e. The number of halogens is 12. The number of morpholine rings is 1. The number of ether oxygens (including phenoxy) is 4. The molecule has 0 bridgehead atoms. The average molecular weight is 1940 g/mol. The SMILES string of the molecule is CCOc1ccc(-n2c(C(CCN)N(CCN(C)C)C(=O)Cc3ccc(C(F)(F)F)c(F)c3)nc3ccccc3c2=O)cc1.CCOc1ccc(-n2c(C(CCN)N(CCN3CCOCC3)C(=O)Cc3ccc(C(F)(F)F)c(F)c3)nc3ccccc3c2=O)cc1.CCOc1ccc(-n2c(C(CCNC)N(CCC3CCCN3C)C(=O)Cc3ccc(C(F)(F)F)c(F)c3)nc3ccccc3c2=O)cc1. The third-order valence-electron chi connectivity index (χ3n) is 24.2. The summed E-state index contributed by atoms with van der Waals surface area (Å²) in [6.07, 6.45) is -12.2. The molecule has 139 heavy (non-hydrogen) atoms. The fraction of sp³-hybridized carbons (Fsp3) is 0.382. The van der Waals surface area contributed by atoms with Gasteiger partial charge < -0.3 is 60.2 Å². The third kappa shape index (κ3) is 26.6. The molecule has 0 aliphatic carbocycles. The molecular formula is C102H113F12N15O10. The predicted molar refractivity (Wildman–Crippen MR) is 506 cm³/mol. The fourth-order valence-corrected chi connectivity index (χ4v) is 17.2. The van der Waals surface area contributed by atoms with Crippen molar-refractivity contribution in [1.82, 2.24) is 63.4 Å². The second-order valence-corrected chi connectivity index (χ2v) is 33.8. The van der Waals surface area contributed by atoms with Crippen molar-refractivity contribution < 1.29 is 86.0 Å². The van der Waals surface area contributed by atoms with E-state index in [1.165, 1.54) is 18.6 Å². The maximum atomic E-state index is 14.6. The van der Waals surface area contributed by atoms with E-state index in [0.717, 1.165) is 55.8 Å². The highest BCUT2D eigenvalue weighted by atomic mass is 19.4. The molecule has 0 saturated carbocycles. The first-order valence-electron chi connectivity index (χ1n) is 46.0. The highest BCUT2D eigenvalue weighted by Crippen LogP contribution is 2.39. The van der Waals surface area contributed by atoms with Crippen LogP contribution in [0.2, 0.25) is 0 Å². The topological polar surface area (TPSA) is 276 Å². The number of fused-ring (bicyclic) bond motifs is 3. The molecule has 5 N–H and O–H groups in total. The molecule has 4 atom stereocenters. The van der Waals surface area contributed by atoms with Gasteiger partial charge in [0, 0.05) is 51.9 Å². The molecular weight excluding hydrogens is 1820 g/mol.